The largest absolute Gasteiger partial charge is 0.393 e. The zero-order valence-corrected chi connectivity index (χ0v) is 10.3. The zero-order valence-electron chi connectivity index (χ0n) is 9.51. The van der Waals surface area contributed by atoms with Crippen molar-refractivity contribution < 1.29 is 9.90 Å². The minimum atomic E-state index is -0.391. The maximum absolute atomic E-state index is 12.1. The molecule has 6 heteroatoms. The van der Waals surface area contributed by atoms with E-state index >= 15 is 0 Å². The Kier molecular flexibility index (Phi) is 3.59. The molecular weight excluding hydrogens is 242 g/mol. The van der Waals surface area contributed by atoms with Gasteiger partial charge in [-0.1, -0.05) is 11.6 Å². The molecule has 92 valence electrons. The number of aliphatic hydroxyl groups excluding tert-OH is 1. The fraction of sp³-hybridized carbons (Fsp3) is 0.545. The minimum absolute atomic E-state index is 0.145. The second kappa shape index (κ2) is 4.98. The highest BCUT2D eigenvalue weighted by Gasteiger charge is 2.30. The molecule has 0 spiro atoms. The van der Waals surface area contributed by atoms with Gasteiger partial charge >= 0.3 is 0 Å². The van der Waals surface area contributed by atoms with Crippen LogP contribution in [0.3, 0.4) is 0 Å². The van der Waals surface area contributed by atoms with E-state index in [4.69, 9.17) is 11.6 Å². The Balaban J connectivity index is 2.07. The molecule has 2 heterocycles. The quantitative estimate of drug-likeness (QED) is 0.855. The summed E-state index contributed by atoms with van der Waals surface area (Å²) in [4.78, 5) is 21.5. The number of hydrogen-bond acceptors (Lipinski definition) is 4. The zero-order chi connectivity index (χ0) is 12.4. The van der Waals surface area contributed by atoms with Gasteiger partial charge in [0.25, 0.3) is 5.91 Å². The Hall–Kier alpha value is -1.20. The van der Waals surface area contributed by atoms with Crippen LogP contribution in [0.25, 0.3) is 0 Å². The molecule has 2 atom stereocenters. The van der Waals surface area contributed by atoms with Crippen LogP contribution < -0.4 is 0 Å². The average Bonchev–Trinajstić information content (AvgIpc) is 2.77. The van der Waals surface area contributed by atoms with Crippen LogP contribution in [0.4, 0.5) is 0 Å². The lowest BCUT2D eigenvalue weighted by molar-refractivity contribution is 0.0756. The summed E-state index contributed by atoms with van der Waals surface area (Å²) in [6.45, 7) is 2.95. The number of rotatable bonds is 2. The Morgan fingerprint density at radius 1 is 1.65 bits per heavy atom. The van der Waals surface area contributed by atoms with Gasteiger partial charge in [-0.05, 0) is 13.3 Å². The second-order valence-corrected chi connectivity index (χ2v) is 4.65. The standard InChI is InChI=1S/C11H14ClN3O2/c1-7(16)8-2-3-15(6-8)11(17)9-4-13-5-10(12)14-9/h4-5,7-8,16H,2-3,6H2,1H3. The number of hydrogen-bond donors (Lipinski definition) is 1. The summed E-state index contributed by atoms with van der Waals surface area (Å²) in [5.74, 6) is -0.0331. The molecule has 0 bridgehead atoms. The van der Waals surface area contributed by atoms with E-state index in [2.05, 4.69) is 9.97 Å². The predicted octanol–water partition coefficient (Wildman–Crippen LogP) is 0.973. The highest BCUT2D eigenvalue weighted by atomic mass is 35.5. The van der Waals surface area contributed by atoms with Crippen molar-refractivity contribution in [3.63, 3.8) is 0 Å². The van der Waals surface area contributed by atoms with Gasteiger partial charge in [-0.25, -0.2) is 4.98 Å². The Bertz CT molecular complexity index is 425. The lowest BCUT2D eigenvalue weighted by atomic mass is 10.0. The molecule has 1 aromatic heterocycles. The predicted molar refractivity (Wildman–Crippen MR) is 62.7 cm³/mol. The number of aliphatic hydroxyl groups is 1. The number of carbonyl (C=O) groups is 1. The molecule has 1 aliphatic heterocycles. The lowest BCUT2D eigenvalue weighted by Crippen LogP contribution is -2.31. The van der Waals surface area contributed by atoms with E-state index < -0.39 is 6.10 Å². The fourth-order valence-corrected chi connectivity index (χ4v) is 2.12. The molecule has 0 saturated carbocycles. The first-order valence-electron chi connectivity index (χ1n) is 5.53. The van der Waals surface area contributed by atoms with E-state index in [1.165, 1.54) is 12.4 Å². The van der Waals surface area contributed by atoms with Crippen LogP contribution in [0.1, 0.15) is 23.8 Å². The molecule has 17 heavy (non-hydrogen) atoms. The Morgan fingerprint density at radius 3 is 3.00 bits per heavy atom. The number of carbonyl (C=O) groups excluding carboxylic acids is 1. The van der Waals surface area contributed by atoms with Gasteiger partial charge in [-0.2, -0.15) is 0 Å². The molecule has 2 unspecified atom stereocenters. The average molecular weight is 256 g/mol. The molecule has 1 fully saturated rings. The van der Waals surface area contributed by atoms with Crippen LogP contribution in [-0.2, 0) is 0 Å². The van der Waals surface area contributed by atoms with Gasteiger partial charge in [0.15, 0.2) is 0 Å². The van der Waals surface area contributed by atoms with Crippen molar-refractivity contribution in [3.05, 3.63) is 23.2 Å². The molecule has 2 rings (SSSR count). The normalized spacial score (nSPS) is 21.6. The van der Waals surface area contributed by atoms with Crippen molar-refractivity contribution in [2.24, 2.45) is 5.92 Å². The minimum Gasteiger partial charge on any atom is -0.393 e. The van der Waals surface area contributed by atoms with Crippen molar-refractivity contribution in [2.75, 3.05) is 13.1 Å². The van der Waals surface area contributed by atoms with Crippen LogP contribution in [0.15, 0.2) is 12.4 Å². The maximum Gasteiger partial charge on any atom is 0.274 e. The molecule has 1 aromatic rings. The lowest BCUT2D eigenvalue weighted by Gasteiger charge is -2.17. The van der Waals surface area contributed by atoms with Gasteiger partial charge in [0.2, 0.25) is 0 Å². The number of nitrogens with zero attached hydrogens (tertiary/aromatic N) is 3. The summed E-state index contributed by atoms with van der Waals surface area (Å²) < 4.78 is 0. The first kappa shape index (κ1) is 12.3. The highest BCUT2D eigenvalue weighted by Crippen LogP contribution is 2.21. The van der Waals surface area contributed by atoms with Crippen LogP contribution in [0.5, 0.6) is 0 Å². The molecular formula is C11H14ClN3O2. The second-order valence-electron chi connectivity index (χ2n) is 4.27. The summed E-state index contributed by atoms with van der Waals surface area (Å²) in [6, 6.07) is 0. The van der Waals surface area contributed by atoms with Crippen molar-refractivity contribution in [3.8, 4) is 0 Å². The van der Waals surface area contributed by atoms with Crippen molar-refractivity contribution >= 4 is 17.5 Å². The molecule has 1 saturated heterocycles. The highest BCUT2D eigenvalue weighted by molar-refractivity contribution is 6.29. The van der Waals surface area contributed by atoms with Gasteiger partial charge in [-0.3, -0.25) is 9.78 Å². The molecule has 1 aliphatic rings. The monoisotopic (exact) mass is 255 g/mol. The van der Waals surface area contributed by atoms with E-state index in [0.29, 0.717) is 13.1 Å². The third-order valence-electron chi connectivity index (χ3n) is 3.02. The van der Waals surface area contributed by atoms with Gasteiger partial charge in [0.05, 0.1) is 18.5 Å². The SMILES string of the molecule is CC(O)C1CCN(C(=O)c2cncc(Cl)n2)C1. The van der Waals surface area contributed by atoms with E-state index in [1.54, 1.807) is 11.8 Å². The van der Waals surface area contributed by atoms with Crippen LogP contribution in [-0.4, -0.2) is 45.1 Å². The molecule has 0 aliphatic carbocycles. The Labute approximate surface area is 104 Å². The van der Waals surface area contributed by atoms with Crippen LogP contribution in [0.2, 0.25) is 5.15 Å². The fourth-order valence-electron chi connectivity index (χ4n) is 1.97. The molecule has 5 nitrogen and oxygen atoms in total. The van der Waals surface area contributed by atoms with Gasteiger partial charge < -0.3 is 10.0 Å². The Morgan fingerprint density at radius 2 is 2.41 bits per heavy atom. The van der Waals surface area contributed by atoms with Gasteiger partial charge in [-0.15, -0.1) is 0 Å². The smallest absolute Gasteiger partial charge is 0.274 e. The van der Waals surface area contributed by atoms with Crippen molar-refractivity contribution in [1.82, 2.24) is 14.9 Å². The first-order chi connectivity index (χ1) is 8.08. The summed E-state index contributed by atoms with van der Waals surface area (Å²) in [7, 11) is 0. The summed E-state index contributed by atoms with van der Waals surface area (Å²) in [5.41, 5.74) is 0.253. The van der Waals surface area contributed by atoms with Gasteiger partial charge in [0.1, 0.15) is 10.8 Å². The molecule has 1 N–H and O–H groups in total. The first-order valence-corrected chi connectivity index (χ1v) is 5.90. The molecule has 0 aromatic carbocycles. The van der Waals surface area contributed by atoms with Crippen molar-refractivity contribution in [2.45, 2.75) is 19.4 Å². The van der Waals surface area contributed by atoms with E-state index in [9.17, 15) is 9.90 Å². The number of likely N-dealkylation sites (tertiary alicyclic amines) is 1. The van der Waals surface area contributed by atoms with Crippen molar-refractivity contribution in [1.29, 1.82) is 0 Å². The third kappa shape index (κ3) is 2.73. The van der Waals surface area contributed by atoms with E-state index in [0.717, 1.165) is 6.42 Å². The van der Waals surface area contributed by atoms with E-state index in [-0.39, 0.29) is 22.7 Å². The van der Waals surface area contributed by atoms with E-state index in [1.807, 2.05) is 0 Å². The summed E-state index contributed by atoms with van der Waals surface area (Å²) in [5, 5.41) is 9.69. The van der Waals surface area contributed by atoms with Crippen LogP contribution >= 0.6 is 11.6 Å². The van der Waals surface area contributed by atoms with Crippen LogP contribution in [0, 0.1) is 5.92 Å². The molecule has 1 amide bonds. The molecule has 0 radical (unpaired) electrons. The maximum atomic E-state index is 12.1. The number of halogens is 1. The third-order valence-corrected chi connectivity index (χ3v) is 3.20. The summed E-state index contributed by atoms with van der Waals surface area (Å²) >= 11 is 5.69. The number of aromatic nitrogens is 2. The summed E-state index contributed by atoms with van der Waals surface area (Å²) in [6.07, 6.45) is 3.22. The van der Waals surface area contributed by atoms with Gasteiger partial charge in [0, 0.05) is 19.0 Å². The number of amides is 1. The topological polar surface area (TPSA) is 66.3 Å².